The second kappa shape index (κ2) is 5.23. The number of ether oxygens (including phenoxy) is 1. The summed E-state index contributed by atoms with van der Waals surface area (Å²) in [6.45, 7) is 5.96. The Labute approximate surface area is 62.0 Å². The lowest BCUT2D eigenvalue weighted by Gasteiger charge is -2.19. The van der Waals surface area contributed by atoms with Crippen LogP contribution in [0.25, 0.3) is 0 Å². The van der Waals surface area contributed by atoms with Crippen molar-refractivity contribution in [1.82, 2.24) is 4.90 Å². The second-order valence-corrected chi connectivity index (χ2v) is 2.54. The fourth-order valence-electron chi connectivity index (χ4n) is 0.503. The number of carbonyl (C=O) groups is 1. The maximum atomic E-state index is 9.72. The van der Waals surface area contributed by atoms with Gasteiger partial charge in [0.15, 0.2) is 0 Å². The van der Waals surface area contributed by atoms with Crippen LogP contribution >= 0.6 is 0 Å². The molecule has 10 heavy (non-hydrogen) atoms. The third-order valence-corrected chi connectivity index (χ3v) is 1.51. The van der Waals surface area contributed by atoms with Crippen LogP contribution in [0.4, 0.5) is 0 Å². The van der Waals surface area contributed by atoms with Crippen LogP contribution in [0.3, 0.4) is 0 Å². The van der Waals surface area contributed by atoms with Gasteiger partial charge in [-0.05, 0) is 20.9 Å². The van der Waals surface area contributed by atoms with Crippen molar-refractivity contribution in [1.29, 1.82) is 0 Å². The molecule has 0 aliphatic rings. The third kappa shape index (κ3) is 4.32. The largest absolute Gasteiger partial charge is 0.467 e. The predicted molar refractivity (Wildman–Crippen MR) is 39.8 cm³/mol. The zero-order valence-electron chi connectivity index (χ0n) is 6.83. The number of rotatable bonds is 5. The van der Waals surface area contributed by atoms with Gasteiger partial charge in [-0.15, -0.1) is 0 Å². The molecule has 0 aromatic rings. The molecule has 0 N–H and O–H groups in total. The Morgan fingerprint density at radius 1 is 1.60 bits per heavy atom. The zero-order valence-corrected chi connectivity index (χ0v) is 6.83. The van der Waals surface area contributed by atoms with Gasteiger partial charge in [-0.1, -0.05) is 0 Å². The summed E-state index contributed by atoms with van der Waals surface area (Å²) < 4.78 is 4.53. The average Bonchev–Trinajstić information content (AvgIpc) is 1.88. The lowest BCUT2D eigenvalue weighted by Crippen LogP contribution is -2.29. The normalized spacial score (nSPS) is 10.5. The van der Waals surface area contributed by atoms with Crippen LogP contribution in [0, 0.1) is 0 Å². The molecule has 0 bridgehead atoms. The highest BCUT2D eigenvalue weighted by atomic mass is 16.5. The first-order valence-electron chi connectivity index (χ1n) is 3.44. The Kier molecular flexibility index (Phi) is 4.94. The topological polar surface area (TPSA) is 29.5 Å². The van der Waals surface area contributed by atoms with Gasteiger partial charge < -0.3 is 9.64 Å². The molecule has 0 rings (SSSR count). The molecule has 3 heteroatoms. The molecule has 0 aliphatic carbocycles. The van der Waals surface area contributed by atoms with Crippen LogP contribution in [0.2, 0.25) is 0 Å². The molecule has 0 aliphatic heterocycles. The summed E-state index contributed by atoms with van der Waals surface area (Å²) in [4.78, 5) is 11.8. The van der Waals surface area contributed by atoms with Crippen LogP contribution in [0.1, 0.15) is 13.8 Å². The van der Waals surface area contributed by atoms with Crippen molar-refractivity contribution in [2.24, 2.45) is 0 Å². The van der Waals surface area contributed by atoms with E-state index in [9.17, 15) is 4.79 Å². The zero-order chi connectivity index (χ0) is 7.98. The lowest BCUT2D eigenvalue weighted by atomic mass is 10.3. The smallest absolute Gasteiger partial charge is 0.293 e. The maximum Gasteiger partial charge on any atom is 0.293 e. The average molecular weight is 145 g/mol. The summed E-state index contributed by atoms with van der Waals surface area (Å²) >= 11 is 0. The first kappa shape index (κ1) is 9.43. The minimum absolute atomic E-state index is 0.480. The van der Waals surface area contributed by atoms with Crippen LogP contribution in [0.5, 0.6) is 0 Å². The minimum Gasteiger partial charge on any atom is -0.467 e. The van der Waals surface area contributed by atoms with Gasteiger partial charge >= 0.3 is 0 Å². The minimum atomic E-state index is 0.480. The highest BCUT2D eigenvalue weighted by Gasteiger charge is 2.00. The highest BCUT2D eigenvalue weighted by Crippen LogP contribution is 1.91. The number of likely N-dealkylation sites (N-methyl/N-ethyl adjacent to an activating group) is 1. The van der Waals surface area contributed by atoms with Gasteiger partial charge in [0.25, 0.3) is 6.47 Å². The lowest BCUT2D eigenvalue weighted by molar-refractivity contribution is -0.129. The van der Waals surface area contributed by atoms with Gasteiger partial charge in [0.05, 0.1) is 0 Å². The SMILES string of the molecule is CC(C)N(C)CCOC=O. The molecule has 0 saturated heterocycles. The third-order valence-electron chi connectivity index (χ3n) is 1.51. The van der Waals surface area contributed by atoms with Crippen molar-refractivity contribution in [3.8, 4) is 0 Å². The van der Waals surface area contributed by atoms with E-state index < -0.39 is 0 Å². The van der Waals surface area contributed by atoms with Crippen LogP contribution < -0.4 is 0 Å². The van der Waals surface area contributed by atoms with Crippen molar-refractivity contribution < 1.29 is 9.53 Å². The van der Waals surface area contributed by atoms with E-state index >= 15 is 0 Å². The molecule has 0 fully saturated rings. The Hall–Kier alpha value is -0.570. The summed E-state index contributed by atoms with van der Waals surface area (Å²) in [5.74, 6) is 0. The van der Waals surface area contributed by atoms with E-state index in [0.717, 1.165) is 6.54 Å². The van der Waals surface area contributed by atoms with Crippen molar-refractivity contribution >= 4 is 6.47 Å². The monoisotopic (exact) mass is 145 g/mol. The maximum absolute atomic E-state index is 9.72. The van der Waals surface area contributed by atoms with E-state index in [-0.39, 0.29) is 0 Å². The molecule has 0 radical (unpaired) electrons. The molecule has 0 amide bonds. The van der Waals surface area contributed by atoms with Crippen molar-refractivity contribution in [3.05, 3.63) is 0 Å². The number of hydrogen-bond donors (Lipinski definition) is 0. The Balaban J connectivity index is 3.21. The van der Waals surface area contributed by atoms with E-state index in [0.29, 0.717) is 19.1 Å². The quantitative estimate of drug-likeness (QED) is 0.417. The summed E-state index contributed by atoms with van der Waals surface area (Å²) in [5, 5.41) is 0. The molecular formula is C7H15NO2. The van der Waals surface area contributed by atoms with E-state index in [1.54, 1.807) is 0 Å². The van der Waals surface area contributed by atoms with Crippen LogP contribution in [-0.2, 0) is 9.53 Å². The summed E-state index contributed by atoms with van der Waals surface area (Å²) in [6.07, 6.45) is 0. The summed E-state index contributed by atoms with van der Waals surface area (Å²) in [6, 6.07) is 0.509. The molecule has 3 nitrogen and oxygen atoms in total. The van der Waals surface area contributed by atoms with Crippen LogP contribution in [0.15, 0.2) is 0 Å². The number of nitrogens with zero attached hydrogens (tertiary/aromatic N) is 1. The predicted octanol–water partition coefficient (Wildman–Crippen LogP) is 0.500. The Morgan fingerprint density at radius 2 is 2.20 bits per heavy atom. The van der Waals surface area contributed by atoms with Gasteiger partial charge in [-0.2, -0.15) is 0 Å². The van der Waals surface area contributed by atoms with E-state index in [2.05, 4.69) is 23.5 Å². The molecule has 60 valence electrons. The molecular weight excluding hydrogens is 130 g/mol. The molecule has 0 aromatic carbocycles. The molecule has 0 aromatic heterocycles. The molecule has 0 atom stereocenters. The van der Waals surface area contributed by atoms with E-state index in [1.807, 2.05) is 7.05 Å². The number of carbonyl (C=O) groups excluding carboxylic acids is 1. The van der Waals surface area contributed by atoms with Crippen molar-refractivity contribution in [2.75, 3.05) is 20.2 Å². The van der Waals surface area contributed by atoms with Crippen LogP contribution in [-0.4, -0.2) is 37.6 Å². The van der Waals surface area contributed by atoms with Gasteiger partial charge in [-0.3, -0.25) is 4.79 Å². The van der Waals surface area contributed by atoms with E-state index in [4.69, 9.17) is 0 Å². The first-order valence-corrected chi connectivity index (χ1v) is 3.44. The van der Waals surface area contributed by atoms with Crippen molar-refractivity contribution in [2.45, 2.75) is 19.9 Å². The fraction of sp³-hybridized carbons (Fsp3) is 0.857. The fourth-order valence-corrected chi connectivity index (χ4v) is 0.503. The highest BCUT2D eigenvalue weighted by molar-refractivity contribution is 5.36. The Morgan fingerprint density at radius 3 is 2.60 bits per heavy atom. The molecule has 0 saturated carbocycles. The molecule has 0 unspecified atom stereocenters. The number of hydrogen-bond acceptors (Lipinski definition) is 3. The summed E-state index contributed by atoms with van der Waals surface area (Å²) in [7, 11) is 2.00. The summed E-state index contributed by atoms with van der Waals surface area (Å²) in [5.41, 5.74) is 0. The van der Waals surface area contributed by atoms with Gasteiger partial charge in [0.2, 0.25) is 0 Å². The van der Waals surface area contributed by atoms with Gasteiger partial charge in [-0.25, -0.2) is 0 Å². The standard InChI is InChI=1S/C7H15NO2/c1-7(2)8(3)4-5-10-6-9/h6-7H,4-5H2,1-3H3. The molecule has 0 heterocycles. The Bertz CT molecular complexity index is 93.6. The van der Waals surface area contributed by atoms with Gasteiger partial charge in [0, 0.05) is 12.6 Å². The van der Waals surface area contributed by atoms with Crippen molar-refractivity contribution in [3.63, 3.8) is 0 Å². The van der Waals surface area contributed by atoms with Gasteiger partial charge in [0.1, 0.15) is 6.61 Å². The molecule has 0 spiro atoms. The van der Waals surface area contributed by atoms with E-state index in [1.165, 1.54) is 0 Å². The second-order valence-electron chi connectivity index (χ2n) is 2.54. The first-order chi connectivity index (χ1) is 4.68.